The molecule has 1 saturated heterocycles. The lowest BCUT2D eigenvalue weighted by Crippen LogP contribution is -2.61. The van der Waals surface area contributed by atoms with Crippen LogP contribution in [0.5, 0.6) is 0 Å². The molecule has 1 aromatic rings. The Kier molecular flexibility index (Phi) is 4.64. The summed E-state index contributed by atoms with van der Waals surface area (Å²) in [5.41, 5.74) is 0.0943. The van der Waals surface area contributed by atoms with Gasteiger partial charge in [-0.25, -0.2) is 9.36 Å². The number of amides is 1. The number of aromatic nitrogens is 1. The van der Waals surface area contributed by atoms with Crippen LogP contribution in [0.15, 0.2) is 41.2 Å². The van der Waals surface area contributed by atoms with Gasteiger partial charge in [-0.3, -0.25) is 4.79 Å². The largest absolute Gasteiger partial charge is 0.477 e. The number of fused-ring (bicyclic) bond motifs is 1. The molecule has 0 spiro atoms. The van der Waals surface area contributed by atoms with Crippen molar-refractivity contribution < 1.29 is 24.4 Å². The van der Waals surface area contributed by atoms with Gasteiger partial charge in [0.2, 0.25) is 5.91 Å². The number of rotatable bonds is 6. The van der Waals surface area contributed by atoms with E-state index >= 15 is 0 Å². The van der Waals surface area contributed by atoms with Crippen molar-refractivity contribution in [3.8, 4) is 0 Å². The minimum Gasteiger partial charge on any atom is -0.477 e. The Morgan fingerprint density at radius 1 is 1.38 bits per heavy atom. The first-order valence-corrected chi connectivity index (χ1v) is 8.86. The number of aliphatic carboxylic acids is 1. The van der Waals surface area contributed by atoms with Crippen molar-refractivity contribution in [2.75, 3.05) is 0 Å². The minimum absolute atomic E-state index is 0.0943. The van der Waals surface area contributed by atoms with Gasteiger partial charge in [0.25, 0.3) is 0 Å². The fourth-order valence-electron chi connectivity index (χ4n) is 3.47. The highest BCUT2D eigenvalue weighted by Gasteiger charge is 2.56. The third-order valence-electron chi connectivity index (χ3n) is 4.48. The molecule has 0 aromatic carbocycles. The van der Waals surface area contributed by atoms with E-state index in [2.05, 4.69) is 0 Å². The number of hydrogen-bond acceptors (Lipinski definition) is 4. The van der Waals surface area contributed by atoms with Gasteiger partial charge in [-0.2, -0.15) is 0 Å². The van der Waals surface area contributed by atoms with Crippen LogP contribution in [0.1, 0.15) is 20.3 Å². The zero-order valence-corrected chi connectivity index (χ0v) is 14.4. The van der Waals surface area contributed by atoms with Crippen LogP contribution in [0.4, 0.5) is 0 Å². The molecule has 0 saturated carbocycles. The van der Waals surface area contributed by atoms with Gasteiger partial charge in [-0.05, 0) is 13.8 Å². The predicted molar refractivity (Wildman–Crippen MR) is 88.8 cm³/mol. The molecule has 128 valence electrons. The van der Waals surface area contributed by atoms with Crippen LogP contribution >= 0.6 is 11.8 Å². The Balaban J connectivity index is 1.75. The van der Waals surface area contributed by atoms with Crippen molar-refractivity contribution in [1.29, 1.82) is 0 Å². The number of nitrogens with zero attached hydrogens (tertiary/aromatic N) is 2. The van der Waals surface area contributed by atoms with Crippen molar-refractivity contribution >= 4 is 23.6 Å². The van der Waals surface area contributed by atoms with Crippen LogP contribution in [0.3, 0.4) is 0 Å². The van der Waals surface area contributed by atoms with Crippen molar-refractivity contribution in [3.63, 3.8) is 0 Å². The molecular weight excluding hydrogens is 328 g/mol. The Hall–Kier alpha value is -1.86. The highest BCUT2D eigenvalue weighted by molar-refractivity contribution is 8.03. The van der Waals surface area contributed by atoms with Crippen LogP contribution in [-0.2, 0) is 16.1 Å². The second kappa shape index (κ2) is 6.57. The van der Waals surface area contributed by atoms with Crippen molar-refractivity contribution in [3.05, 3.63) is 41.2 Å². The van der Waals surface area contributed by atoms with E-state index in [9.17, 15) is 19.8 Å². The zero-order chi connectivity index (χ0) is 17.4. The third kappa shape index (κ3) is 2.93. The zero-order valence-electron chi connectivity index (χ0n) is 13.6. The molecule has 0 unspecified atom stereocenters. The van der Waals surface area contributed by atoms with E-state index in [1.807, 2.05) is 42.1 Å². The highest BCUT2D eigenvalue weighted by atomic mass is 32.2. The van der Waals surface area contributed by atoms with Gasteiger partial charge in [-0.1, -0.05) is 6.07 Å². The molecule has 3 rings (SSSR count). The molecule has 2 N–H and O–H groups in total. The maximum Gasteiger partial charge on any atom is 0.353 e. The maximum absolute atomic E-state index is 12.2. The molecule has 4 atom stereocenters. The Morgan fingerprint density at radius 3 is 2.62 bits per heavy atom. The van der Waals surface area contributed by atoms with Crippen LogP contribution in [0, 0.1) is 5.92 Å². The number of thioether (sulfide) groups is 1. The van der Waals surface area contributed by atoms with E-state index in [1.165, 1.54) is 16.7 Å². The van der Waals surface area contributed by atoms with Crippen LogP contribution in [-0.4, -0.2) is 44.4 Å². The van der Waals surface area contributed by atoms with Gasteiger partial charge in [0.15, 0.2) is 18.9 Å². The van der Waals surface area contributed by atoms with Crippen molar-refractivity contribution in [1.82, 2.24) is 4.90 Å². The number of hydrogen-bond donors (Lipinski definition) is 2. The molecule has 0 bridgehead atoms. The van der Waals surface area contributed by atoms with Gasteiger partial charge >= 0.3 is 5.97 Å². The average molecular weight is 349 g/mol. The number of β-lactam (4-membered cyclic amide) rings is 1. The quantitative estimate of drug-likeness (QED) is 0.592. The third-order valence-corrected chi connectivity index (χ3v) is 5.68. The molecule has 0 radical (unpaired) electrons. The minimum atomic E-state index is -1.07. The first kappa shape index (κ1) is 17.0. The first-order valence-electron chi connectivity index (χ1n) is 7.98. The average Bonchev–Trinajstić information content (AvgIpc) is 2.82. The summed E-state index contributed by atoms with van der Waals surface area (Å²) < 4.78 is 2.05. The van der Waals surface area contributed by atoms with E-state index in [-0.39, 0.29) is 22.9 Å². The maximum atomic E-state index is 12.2. The summed E-state index contributed by atoms with van der Waals surface area (Å²) in [4.78, 5) is 25.9. The summed E-state index contributed by atoms with van der Waals surface area (Å²) in [6.45, 7) is 4.38. The van der Waals surface area contributed by atoms with E-state index in [0.717, 1.165) is 11.4 Å². The molecule has 0 aliphatic carbocycles. The molecule has 3 heterocycles. The SMILES string of the molecule is C[C@H](C[n+]1ccccc1)SC1=C(C(=O)O)N2C(=O)[C@H]([C@@H](C)O)[C@H]2C1. The monoisotopic (exact) mass is 349 g/mol. The topological polar surface area (TPSA) is 81.7 Å². The van der Waals surface area contributed by atoms with Gasteiger partial charge in [0.1, 0.15) is 5.70 Å². The van der Waals surface area contributed by atoms with Gasteiger partial charge < -0.3 is 15.1 Å². The summed E-state index contributed by atoms with van der Waals surface area (Å²) in [5.74, 6) is -1.85. The Labute approximate surface area is 144 Å². The number of carboxylic acids is 1. The first-order chi connectivity index (χ1) is 11.4. The lowest BCUT2D eigenvalue weighted by Gasteiger charge is -2.44. The number of aliphatic hydroxyl groups is 1. The van der Waals surface area contributed by atoms with Gasteiger partial charge in [-0.15, -0.1) is 11.8 Å². The van der Waals surface area contributed by atoms with Crippen LogP contribution in [0.25, 0.3) is 0 Å². The lowest BCUT2D eigenvalue weighted by molar-refractivity contribution is -0.695. The molecule has 1 aromatic heterocycles. The van der Waals surface area contributed by atoms with Gasteiger partial charge in [0.05, 0.1) is 23.3 Å². The Bertz CT molecular complexity index is 689. The summed E-state index contributed by atoms with van der Waals surface area (Å²) in [6, 6.07) is 5.63. The number of pyridine rings is 1. The van der Waals surface area contributed by atoms with Crippen LogP contribution in [0.2, 0.25) is 0 Å². The fourth-order valence-corrected chi connectivity index (χ4v) is 4.77. The van der Waals surface area contributed by atoms with E-state index in [4.69, 9.17) is 0 Å². The second-order valence-electron chi connectivity index (χ2n) is 6.32. The molecule has 2 aliphatic rings. The highest BCUT2D eigenvalue weighted by Crippen LogP contribution is 2.47. The number of carbonyl (C=O) groups excluding carboxylic acids is 1. The molecule has 1 fully saturated rings. The van der Waals surface area contributed by atoms with E-state index in [0.29, 0.717) is 6.42 Å². The van der Waals surface area contributed by atoms with Crippen molar-refractivity contribution in [2.24, 2.45) is 5.92 Å². The summed E-state index contributed by atoms with van der Waals surface area (Å²) >= 11 is 1.50. The molecule has 2 aliphatic heterocycles. The smallest absolute Gasteiger partial charge is 0.353 e. The standard InChI is InChI=1S/C17H20N2O4S/c1-10(9-18-6-4-3-5-7-18)24-13-8-12-14(11(2)20)16(21)19(12)15(13)17(22)23/h3-7,10-12,14,20H,8-9H2,1-2H3/p+1/t10-,11-,12-,14-/m1/s1. The Morgan fingerprint density at radius 2 is 2.04 bits per heavy atom. The molecule has 6 nitrogen and oxygen atoms in total. The summed E-state index contributed by atoms with van der Waals surface area (Å²) in [7, 11) is 0. The molecular formula is C17H21N2O4S+. The summed E-state index contributed by atoms with van der Waals surface area (Å²) in [6.07, 6.45) is 3.70. The van der Waals surface area contributed by atoms with E-state index < -0.39 is 18.0 Å². The molecule has 24 heavy (non-hydrogen) atoms. The fraction of sp³-hybridized carbons (Fsp3) is 0.471. The van der Waals surface area contributed by atoms with E-state index in [1.54, 1.807) is 6.92 Å². The number of carboxylic acid groups (broad SMARTS) is 1. The lowest BCUT2D eigenvalue weighted by atomic mass is 9.83. The van der Waals surface area contributed by atoms with Crippen molar-refractivity contribution in [2.45, 2.75) is 44.2 Å². The predicted octanol–water partition coefficient (Wildman–Crippen LogP) is 1.00. The van der Waals surface area contributed by atoms with Gasteiger partial charge in [0, 0.05) is 23.5 Å². The summed E-state index contributed by atoms with van der Waals surface area (Å²) in [5, 5.41) is 19.4. The normalized spacial score (nSPS) is 25.3. The molecule has 7 heteroatoms. The number of aliphatic hydroxyl groups excluding tert-OH is 1. The van der Waals surface area contributed by atoms with Crippen LogP contribution < -0.4 is 4.57 Å². The molecule has 1 amide bonds. The second-order valence-corrected chi connectivity index (χ2v) is 7.86. The number of carbonyl (C=O) groups is 2.